The molecule has 0 saturated carbocycles. The molecule has 1 saturated heterocycles. The first kappa shape index (κ1) is 19.9. The molecule has 1 fully saturated rings. The van der Waals surface area contributed by atoms with Crippen LogP contribution in [0.25, 0.3) is 0 Å². The number of hydrogen-bond acceptors (Lipinski definition) is 6. The quantitative estimate of drug-likeness (QED) is 0.735. The summed E-state index contributed by atoms with van der Waals surface area (Å²) in [6.45, 7) is 2.90. The summed E-state index contributed by atoms with van der Waals surface area (Å²) in [7, 11) is -1.93. The summed E-state index contributed by atoms with van der Waals surface area (Å²) < 4.78 is 38.6. The van der Waals surface area contributed by atoms with E-state index in [1.165, 1.54) is 12.1 Å². The zero-order valence-corrected chi connectivity index (χ0v) is 16.4. The fourth-order valence-electron chi connectivity index (χ4n) is 3.26. The number of hydrogen-bond donors (Lipinski definition) is 2. The molecule has 2 heterocycles. The second kappa shape index (κ2) is 8.90. The minimum absolute atomic E-state index is 0.0525. The standard InChI is InChI=1S/C18H27N3O5S/c1-21(14-5-8-19-9-6-14)18(22)7-10-20-27(23,24)15-3-4-16-17(13-15)26-12-2-11-25-16/h3-4,13-14,19-20H,2,5-12H2,1H3. The van der Waals surface area contributed by atoms with Gasteiger partial charge in [0.2, 0.25) is 15.9 Å². The number of nitrogens with one attached hydrogen (secondary N) is 2. The first-order valence-corrected chi connectivity index (χ1v) is 10.8. The van der Waals surface area contributed by atoms with Crippen LogP contribution in [0.15, 0.2) is 23.1 Å². The van der Waals surface area contributed by atoms with Crippen LogP contribution < -0.4 is 19.5 Å². The molecule has 0 unspecified atom stereocenters. The number of fused-ring (bicyclic) bond motifs is 1. The number of sulfonamides is 1. The fraction of sp³-hybridized carbons (Fsp3) is 0.611. The van der Waals surface area contributed by atoms with E-state index in [2.05, 4.69) is 10.0 Å². The molecule has 2 aliphatic heterocycles. The zero-order valence-electron chi connectivity index (χ0n) is 15.6. The van der Waals surface area contributed by atoms with Crippen molar-refractivity contribution in [3.63, 3.8) is 0 Å². The summed E-state index contributed by atoms with van der Waals surface area (Å²) >= 11 is 0. The van der Waals surface area contributed by atoms with Crippen molar-refractivity contribution >= 4 is 15.9 Å². The van der Waals surface area contributed by atoms with Crippen molar-refractivity contribution in [3.8, 4) is 11.5 Å². The van der Waals surface area contributed by atoms with Crippen LogP contribution >= 0.6 is 0 Å². The number of nitrogens with zero attached hydrogens (tertiary/aromatic N) is 1. The molecule has 9 heteroatoms. The molecule has 0 aliphatic carbocycles. The Morgan fingerprint density at radius 3 is 2.67 bits per heavy atom. The van der Waals surface area contributed by atoms with Gasteiger partial charge in [-0.1, -0.05) is 0 Å². The molecule has 1 aromatic carbocycles. The Balaban J connectivity index is 1.55. The van der Waals surface area contributed by atoms with Crippen molar-refractivity contribution in [2.75, 3.05) is 39.9 Å². The van der Waals surface area contributed by atoms with Gasteiger partial charge in [0.25, 0.3) is 0 Å². The number of carbonyl (C=O) groups excluding carboxylic acids is 1. The van der Waals surface area contributed by atoms with Crippen LogP contribution in [-0.2, 0) is 14.8 Å². The Morgan fingerprint density at radius 2 is 1.93 bits per heavy atom. The highest BCUT2D eigenvalue weighted by molar-refractivity contribution is 7.89. The highest BCUT2D eigenvalue weighted by Crippen LogP contribution is 2.31. The molecule has 1 amide bonds. The Bertz CT molecular complexity index is 762. The van der Waals surface area contributed by atoms with E-state index in [0.717, 1.165) is 32.4 Å². The van der Waals surface area contributed by atoms with Gasteiger partial charge in [0.1, 0.15) is 0 Å². The maximum absolute atomic E-state index is 12.5. The minimum Gasteiger partial charge on any atom is -0.490 e. The molecular weight excluding hydrogens is 370 g/mol. The van der Waals surface area contributed by atoms with E-state index in [4.69, 9.17) is 9.47 Å². The summed E-state index contributed by atoms with van der Waals surface area (Å²) in [6.07, 6.45) is 2.72. The third-order valence-electron chi connectivity index (χ3n) is 4.91. The molecule has 0 spiro atoms. The third kappa shape index (κ3) is 5.12. The van der Waals surface area contributed by atoms with Crippen LogP contribution in [0.1, 0.15) is 25.7 Å². The lowest BCUT2D eigenvalue weighted by Gasteiger charge is -2.31. The second-order valence-electron chi connectivity index (χ2n) is 6.79. The monoisotopic (exact) mass is 397 g/mol. The smallest absolute Gasteiger partial charge is 0.240 e. The topological polar surface area (TPSA) is 97.0 Å². The van der Waals surface area contributed by atoms with Gasteiger partial charge in [-0.05, 0) is 38.1 Å². The van der Waals surface area contributed by atoms with Crippen molar-refractivity contribution in [2.24, 2.45) is 0 Å². The lowest BCUT2D eigenvalue weighted by Crippen LogP contribution is -2.44. The maximum atomic E-state index is 12.5. The highest BCUT2D eigenvalue weighted by Gasteiger charge is 2.23. The van der Waals surface area contributed by atoms with E-state index in [1.807, 2.05) is 0 Å². The van der Waals surface area contributed by atoms with Crippen LogP contribution in [0.3, 0.4) is 0 Å². The number of carbonyl (C=O) groups is 1. The number of piperidine rings is 1. The second-order valence-corrected chi connectivity index (χ2v) is 8.56. The first-order chi connectivity index (χ1) is 13.0. The zero-order chi connectivity index (χ0) is 19.3. The van der Waals surface area contributed by atoms with Gasteiger partial charge >= 0.3 is 0 Å². The van der Waals surface area contributed by atoms with Crippen molar-refractivity contribution in [1.82, 2.24) is 14.9 Å². The number of benzene rings is 1. The fourth-order valence-corrected chi connectivity index (χ4v) is 4.31. The molecule has 1 aromatic rings. The maximum Gasteiger partial charge on any atom is 0.240 e. The van der Waals surface area contributed by atoms with E-state index in [0.29, 0.717) is 24.7 Å². The first-order valence-electron chi connectivity index (χ1n) is 9.33. The summed E-state index contributed by atoms with van der Waals surface area (Å²) in [5.41, 5.74) is 0. The van der Waals surface area contributed by atoms with E-state index in [-0.39, 0.29) is 29.8 Å². The molecular formula is C18H27N3O5S. The van der Waals surface area contributed by atoms with Crippen molar-refractivity contribution < 1.29 is 22.7 Å². The van der Waals surface area contributed by atoms with Crippen molar-refractivity contribution in [2.45, 2.75) is 36.6 Å². The van der Waals surface area contributed by atoms with Gasteiger partial charge in [-0.3, -0.25) is 4.79 Å². The molecule has 0 radical (unpaired) electrons. The number of amides is 1. The molecule has 0 bridgehead atoms. The molecule has 150 valence electrons. The summed E-state index contributed by atoms with van der Waals surface area (Å²) in [4.78, 5) is 14.2. The predicted molar refractivity (Wildman–Crippen MR) is 101 cm³/mol. The van der Waals surface area contributed by atoms with E-state index < -0.39 is 10.0 Å². The molecule has 8 nitrogen and oxygen atoms in total. The van der Waals surface area contributed by atoms with Gasteiger partial charge in [-0.2, -0.15) is 0 Å². The van der Waals surface area contributed by atoms with Gasteiger partial charge in [0.05, 0.1) is 18.1 Å². The van der Waals surface area contributed by atoms with Crippen LogP contribution in [0.4, 0.5) is 0 Å². The van der Waals surface area contributed by atoms with Crippen LogP contribution in [0.5, 0.6) is 11.5 Å². The van der Waals surface area contributed by atoms with Gasteiger partial charge < -0.3 is 19.7 Å². The van der Waals surface area contributed by atoms with Crippen LogP contribution in [0.2, 0.25) is 0 Å². The van der Waals surface area contributed by atoms with Gasteiger partial charge in [0, 0.05) is 38.5 Å². The van der Waals surface area contributed by atoms with Gasteiger partial charge in [0.15, 0.2) is 11.5 Å². The molecule has 0 aromatic heterocycles. The largest absolute Gasteiger partial charge is 0.490 e. The summed E-state index contributed by atoms with van der Waals surface area (Å²) in [5, 5.41) is 3.27. The average Bonchev–Trinajstić information content (AvgIpc) is 2.92. The highest BCUT2D eigenvalue weighted by atomic mass is 32.2. The lowest BCUT2D eigenvalue weighted by atomic mass is 10.1. The third-order valence-corrected chi connectivity index (χ3v) is 6.37. The van der Waals surface area contributed by atoms with Gasteiger partial charge in [-0.15, -0.1) is 0 Å². The normalized spacial score (nSPS) is 18.0. The van der Waals surface area contributed by atoms with Crippen molar-refractivity contribution in [1.29, 1.82) is 0 Å². The molecule has 2 aliphatic rings. The minimum atomic E-state index is -3.72. The summed E-state index contributed by atoms with van der Waals surface area (Å²) in [5.74, 6) is 0.922. The lowest BCUT2D eigenvalue weighted by molar-refractivity contribution is -0.132. The Morgan fingerprint density at radius 1 is 1.22 bits per heavy atom. The Kier molecular flexibility index (Phi) is 6.56. The molecule has 27 heavy (non-hydrogen) atoms. The summed E-state index contributed by atoms with van der Waals surface area (Å²) in [6, 6.07) is 4.77. The van der Waals surface area contributed by atoms with Gasteiger partial charge in [-0.25, -0.2) is 13.1 Å². The van der Waals surface area contributed by atoms with Crippen LogP contribution in [-0.4, -0.2) is 65.2 Å². The van der Waals surface area contributed by atoms with Crippen molar-refractivity contribution in [3.05, 3.63) is 18.2 Å². The number of rotatable bonds is 6. The predicted octanol–water partition coefficient (Wildman–Crippen LogP) is 0.727. The van der Waals surface area contributed by atoms with E-state index >= 15 is 0 Å². The van der Waals surface area contributed by atoms with Crippen LogP contribution in [0, 0.1) is 0 Å². The Labute approximate surface area is 160 Å². The molecule has 3 rings (SSSR count). The average molecular weight is 397 g/mol. The SMILES string of the molecule is CN(C(=O)CCNS(=O)(=O)c1ccc2c(c1)OCCCO2)C1CCNCC1. The van der Waals surface area contributed by atoms with E-state index in [9.17, 15) is 13.2 Å². The molecule has 0 atom stereocenters. The number of ether oxygens (including phenoxy) is 2. The molecule has 2 N–H and O–H groups in total. The van der Waals surface area contributed by atoms with E-state index in [1.54, 1.807) is 18.0 Å². The Hall–Kier alpha value is -1.84.